The quantitative estimate of drug-likeness (QED) is 0.633. The van der Waals surface area contributed by atoms with Crippen LogP contribution in [-0.2, 0) is 9.59 Å². The predicted octanol–water partition coefficient (Wildman–Crippen LogP) is -0.230. The number of carbonyl (C=O) groups excluding carboxylic acids is 2. The third-order valence-corrected chi connectivity index (χ3v) is 2.91. The summed E-state index contributed by atoms with van der Waals surface area (Å²) in [5, 5.41) is 13.7. The van der Waals surface area contributed by atoms with Gasteiger partial charge in [-0.15, -0.1) is 0 Å². The van der Waals surface area contributed by atoms with Gasteiger partial charge in [0.1, 0.15) is 12.1 Å². The Kier molecular flexibility index (Phi) is 4.94. The second kappa shape index (κ2) is 6.23. The van der Waals surface area contributed by atoms with Gasteiger partial charge in [0.2, 0.25) is 5.91 Å². The van der Waals surface area contributed by atoms with E-state index < -0.39 is 24.1 Å². The van der Waals surface area contributed by atoms with E-state index in [4.69, 9.17) is 5.11 Å². The molecule has 0 aliphatic carbocycles. The minimum Gasteiger partial charge on any atom is -0.480 e. The summed E-state index contributed by atoms with van der Waals surface area (Å²) in [6.07, 6.45) is 1.57. The van der Waals surface area contributed by atoms with E-state index in [0.717, 1.165) is 0 Å². The van der Waals surface area contributed by atoms with Gasteiger partial charge in [-0.25, -0.2) is 9.59 Å². The van der Waals surface area contributed by atoms with Crippen molar-refractivity contribution in [1.29, 1.82) is 0 Å². The first-order valence-corrected chi connectivity index (χ1v) is 6.00. The van der Waals surface area contributed by atoms with Crippen LogP contribution < -0.4 is 10.6 Å². The zero-order chi connectivity index (χ0) is 13.7. The van der Waals surface area contributed by atoms with Crippen LogP contribution in [-0.4, -0.2) is 53.6 Å². The Balaban J connectivity index is 2.45. The van der Waals surface area contributed by atoms with Crippen LogP contribution in [0.3, 0.4) is 0 Å². The average Bonchev–Trinajstić information content (AvgIpc) is 2.60. The van der Waals surface area contributed by atoms with E-state index in [1.54, 1.807) is 7.05 Å². The number of nitrogens with one attached hydrogen (secondary N) is 2. The normalized spacial score (nSPS) is 20.7. The number of rotatable bonds is 5. The monoisotopic (exact) mass is 257 g/mol. The van der Waals surface area contributed by atoms with Gasteiger partial charge in [-0.2, -0.15) is 0 Å². The third kappa shape index (κ3) is 3.61. The summed E-state index contributed by atoms with van der Waals surface area (Å²) >= 11 is 0. The van der Waals surface area contributed by atoms with Gasteiger partial charge in [0.15, 0.2) is 0 Å². The average molecular weight is 257 g/mol. The highest BCUT2D eigenvalue weighted by Gasteiger charge is 2.31. The lowest BCUT2D eigenvalue weighted by molar-refractivity contribution is -0.139. The predicted molar refractivity (Wildman–Crippen MR) is 64.0 cm³/mol. The molecule has 3 amide bonds. The number of carboxylic acids is 1. The van der Waals surface area contributed by atoms with Gasteiger partial charge in [0.05, 0.1) is 0 Å². The standard InChI is InChI=1S/C11H19N3O4/c1-3-4-8(10(16)17)13-11(18)12-7-5-6-14(2)9(7)15/h7-8H,3-6H2,1-2H3,(H,16,17)(H2,12,13,18)/t7?,8-/m1/s1. The first-order chi connectivity index (χ1) is 8.45. The lowest BCUT2D eigenvalue weighted by atomic mass is 10.2. The van der Waals surface area contributed by atoms with E-state index in [1.165, 1.54) is 4.90 Å². The Hall–Kier alpha value is -1.79. The maximum atomic E-state index is 11.6. The number of likely N-dealkylation sites (tertiary alicyclic amines) is 1. The van der Waals surface area contributed by atoms with E-state index in [-0.39, 0.29) is 5.91 Å². The third-order valence-electron chi connectivity index (χ3n) is 2.91. The van der Waals surface area contributed by atoms with Gasteiger partial charge in [-0.05, 0) is 12.8 Å². The molecule has 1 aliphatic rings. The Labute approximate surface area is 106 Å². The fourth-order valence-corrected chi connectivity index (χ4v) is 1.86. The number of aliphatic carboxylic acids is 1. The summed E-state index contributed by atoms with van der Waals surface area (Å²) in [7, 11) is 1.67. The fourth-order valence-electron chi connectivity index (χ4n) is 1.86. The highest BCUT2D eigenvalue weighted by molar-refractivity contribution is 5.89. The van der Waals surface area contributed by atoms with Crippen LogP contribution in [0.2, 0.25) is 0 Å². The lowest BCUT2D eigenvalue weighted by Crippen LogP contribution is -2.50. The molecule has 0 aromatic heterocycles. The van der Waals surface area contributed by atoms with Crippen molar-refractivity contribution >= 4 is 17.9 Å². The minimum atomic E-state index is -1.07. The Bertz CT molecular complexity index is 337. The minimum absolute atomic E-state index is 0.146. The van der Waals surface area contributed by atoms with Crippen LogP contribution in [0.25, 0.3) is 0 Å². The first-order valence-electron chi connectivity index (χ1n) is 6.00. The first kappa shape index (κ1) is 14.3. The number of carboxylic acid groups (broad SMARTS) is 1. The number of hydrogen-bond acceptors (Lipinski definition) is 3. The molecular weight excluding hydrogens is 238 g/mol. The van der Waals surface area contributed by atoms with Crippen molar-refractivity contribution in [1.82, 2.24) is 15.5 Å². The number of likely N-dealkylation sites (N-methyl/N-ethyl adjacent to an activating group) is 1. The van der Waals surface area contributed by atoms with Crippen molar-refractivity contribution < 1.29 is 19.5 Å². The second-order valence-electron chi connectivity index (χ2n) is 4.40. The molecule has 0 aromatic rings. The number of amides is 3. The molecule has 0 bridgehead atoms. The maximum Gasteiger partial charge on any atom is 0.326 e. The lowest BCUT2D eigenvalue weighted by Gasteiger charge is -2.16. The van der Waals surface area contributed by atoms with Gasteiger partial charge in [0, 0.05) is 13.6 Å². The molecule has 0 radical (unpaired) electrons. The molecular formula is C11H19N3O4. The summed E-state index contributed by atoms with van der Waals surface area (Å²) in [5.74, 6) is -1.21. The number of urea groups is 1. The topological polar surface area (TPSA) is 98.7 Å². The molecule has 1 rings (SSSR count). The molecule has 1 fully saturated rings. The van der Waals surface area contributed by atoms with E-state index in [0.29, 0.717) is 25.8 Å². The summed E-state index contributed by atoms with van der Waals surface area (Å²) in [6.45, 7) is 2.44. The van der Waals surface area contributed by atoms with Crippen LogP contribution in [0.4, 0.5) is 4.79 Å². The van der Waals surface area contributed by atoms with E-state index in [9.17, 15) is 14.4 Å². The Morgan fingerprint density at radius 1 is 1.56 bits per heavy atom. The summed E-state index contributed by atoms with van der Waals surface area (Å²) in [5.41, 5.74) is 0. The molecule has 1 saturated heterocycles. The van der Waals surface area contributed by atoms with Crippen molar-refractivity contribution in [3.8, 4) is 0 Å². The smallest absolute Gasteiger partial charge is 0.326 e. The molecule has 7 heteroatoms. The highest BCUT2D eigenvalue weighted by Crippen LogP contribution is 2.08. The van der Waals surface area contributed by atoms with Crippen molar-refractivity contribution in [2.24, 2.45) is 0 Å². The molecule has 1 aliphatic heterocycles. The van der Waals surface area contributed by atoms with Gasteiger partial charge >= 0.3 is 12.0 Å². The summed E-state index contributed by atoms with van der Waals surface area (Å²) in [4.78, 5) is 35.5. The molecule has 102 valence electrons. The largest absolute Gasteiger partial charge is 0.480 e. The van der Waals surface area contributed by atoms with E-state index in [1.807, 2.05) is 6.92 Å². The molecule has 1 unspecified atom stereocenters. The molecule has 3 N–H and O–H groups in total. The van der Waals surface area contributed by atoms with Crippen molar-refractivity contribution in [3.63, 3.8) is 0 Å². The van der Waals surface area contributed by atoms with Crippen LogP contribution >= 0.6 is 0 Å². The van der Waals surface area contributed by atoms with E-state index >= 15 is 0 Å². The Morgan fingerprint density at radius 2 is 2.22 bits per heavy atom. The summed E-state index contributed by atoms with van der Waals surface area (Å²) < 4.78 is 0. The molecule has 0 spiro atoms. The number of hydrogen-bond donors (Lipinski definition) is 3. The molecule has 18 heavy (non-hydrogen) atoms. The van der Waals surface area contributed by atoms with Crippen molar-refractivity contribution in [2.45, 2.75) is 38.3 Å². The Morgan fingerprint density at radius 3 is 2.67 bits per heavy atom. The summed E-state index contributed by atoms with van der Waals surface area (Å²) in [6, 6.07) is -2.07. The SMILES string of the molecule is CCC[C@@H](NC(=O)NC1CCN(C)C1=O)C(=O)O. The second-order valence-corrected chi connectivity index (χ2v) is 4.40. The van der Waals surface area contributed by atoms with Crippen molar-refractivity contribution in [3.05, 3.63) is 0 Å². The zero-order valence-electron chi connectivity index (χ0n) is 10.6. The van der Waals surface area contributed by atoms with Crippen LogP contribution in [0.15, 0.2) is 0 Å². The molecule has 0 aromatic carbocycles. The van der Waals surface area contributed by atoms with Crippen LogP contribution in [0.5, 0.6) is 0 Å². The molecule has 0 saturated carbocycles. The highest BCUT2D eigenvalue weighted by atomic mass is 16.4. The van der Waals surface area contributed by atoms with Gasteiger partial charge in [0.25, 0.3) is 0 Å². The zero-order valence-corrected chi connectivity index (χ0v) is 10.6. The number of nitrogens with zero attached hydrogens (tertiary/aromatic N) is 1. The van der Waals surface area contributed by atoms with Gasteiger partial charge in [-0.3, -0.25) is 4.79 Å². The molecule has 7 nitrogen and oxygen atoms in total. The van der Waals surface area contributed by atoms with E-state index in [2.05, 4.69) is 10.6 Å². The maximum absolute atomic E-state index is 11.6. The number of carbonyl (C=O) groups is 3. The van der Waals surface area contributed by atoms with Crippen LogP contribution in [0.1, 0.15) is 26.2 Å². The molecule has 2 atom stereocenters. The van der Waals surface area contributed by atoms with Crippen LogP contribution in [0, 0.1) is 0 Å². The fraction of sp³-hybridized carbons (Fsp3) is 0.727. The molecule has 1 heterocycles. The van der Waals surface area contributed by atoms with Gasteiger partial charge < -0.3 is 20.6 Å². The van der Waals surface area contributed by atoms with Crippen molar-refractivity contribution in [2.75, 3.05) is 13.6 Å². The van der Waals surface area contributed by atoms with Gasteiger partial charge in [-0.1, -0.05) is 13.3 Å².